The molecule has 0 aliphatic carbocycles. The number of rotatable bonds is 9. The molecule has 13 heteroatoms. The Morgan fingerprint density at radius 1 is 1.05 bits per heavy atom. The second-order valence-electron chi connectivity index (χ2n) is 10.3. The lowest BCUT2D eigenvalue weighted by atomic mass is 10.1. The van der Waals surface area contributed by atoms with E-state index in [2.05, 4.69) is 10.2 Å². The van der Waals surface area contributed by atoms with Crippen molar-refractivity contribution in [3.05, 3.63) is 72.3 Å². The smallest absolute Gasteiger partial charge is 0.416 e. The number of ether oxygens (including phenoxy) is 3. The number of alkyl halides is 3. The number of nitrogens with one attached hydrogen (secondary N) is 1. The molecule has 5 rings (SSSR count). The van der Waals surface area contributed by atoms with Gasteiger partial charge in [-0.15, -0.1) is 0 Å². The summed E-state index contributed by atoms with van der Waals surface area (Å²) in [6.45, 7) is 1.12. The van der Waals surface area contributed by atoms with Gasteiger partial charge in [-0.05, 0) is 61.4 Å². The number of hydrogen-bond donors (Lipinski definition) is 1. The predicted octanol–water partition coefficient (Wildman–Crippen LogP) is 5.31. The molecule has 230 valence electrons. The summed E-state index contributed by atoms with van der Waals surface area (Å²) in [5.41, 5.74) is 0.755. The molecule has 2 heterocycles. The zero-order valence-corrected chi connectivity index (χ0v) is 24.5. The van der Waals surface area contributed by atoms with Crippen LogP contribution in [0.15, 0.2) is 71.6 Å². The average molecular weight is 620 g/mol. The summed E-state index contributed by atoms with van der Waals surface area (Å²) < 4.78 is 85.4. The molecular formula is C30H32F3N3O6S. The van der Waals surface area contributed by atoms with Gasteiger partial charge < -0.3 is 24.4 Å². The summed E-state index contributed by atoms with van der Waals surface area (Å²) in [5.74, 6) is 0.495. The average Bonchev–Trinajstić information content (AvgIpc) is 3.47. The van der Waals surface area contributed by atoms with Crippen LogP contribution in [0.25, 0.3) is 0 Å². The minimum atomic E-state index is -4.71. The van der Waals surface area contributed by atoms with Gasteiger partial charge in [-0.3, -0.25) is 9.10 Å². The molecule has 1 unspecified atom stereocenters. The molecule has 0 bridgehead atoms. The van der Waals surface area contributed by atoms with Gasteiger partial charge in [-0.2, -0.15) is 13.2 Å². The van der Waals surface area contributed by atoms with E-state index in [1.807, 2.05) is 30.3 Å². The molecule has 1 fully saturated rings. The summed E-state index contributed by atoms with van der Waals surface area (Å²) in [7, 11) is -1.59. The van der Waals surface area contributed by atoms with Crippen LogP contribution < -0.4 is 24.0 Å². The van der Waals surface area contributed by atoms with Crippen molar-refractivity contribution < 1.29 is 40.6 Å². The quantitative estimate of drug-likeness (QED) is 0.322. The molecule has 3 aromatic carbocycles. The fourth-order valence-electron chi connectivity index (χ4n) is 5.31. The molecule has 2 aliphatic rings. The highest BCUT2D eigenvalue weighted by Gasteiger charge is 2.38. The summed E-state index contributed by atoms with van der Waals surface area (Å²) in [4.78, 5) is 13.4. The van der Waals surface area contributed by atoms with E-state index in [-0.39, 0.29) is 36.9 Å². The largest absolute Gasteiger partial charge is 0.495 e. The monoisotopic (exact) mass is 619 g/mol. The minimum absolute atomic E-state index is 0.0135. The Bertz CT molecular complexity index is 1580. The normalized spacial score (nSPS) is 18.5. The first-order chi connectivity index (χ1) is 20.5. The highest BCUT2D eigenvalue weighted by Crippen LogP contribution is 2.42. The van der Waals surface area contributed by atoms with Gasteiger partial charge >= 0.3 is 12.1 Å². The van der Waals surface area contributed by atoms with Crippen LogP contribution in [0.1, 0.15) is 24.8 Å². The first kappa shape index (κ1) is 30.3. The van der Waals surface area contributed by atoms with Crippen molar-refractivity contribution in [2.75, 3.05) is 48.4 Å². The third kappa shape index (κ3) is 6.61. The topological polar surface area (TPSA) is 97.4 Å². The minimum Gasteiger partial charge on any atom is -0.495 e. The lowest BCUT2D eigenvalue weighted by Gasteiger charge is -2.36. The maximum atomic E-state index is 13.9. The number of para-hydroxylation sites is 2. The van der Waals surface area contributed by atoms with Crippen LogP contribution in [-0.4, -0.2) is 60.4 Å². The van der Waals surface area contributed by atoms with Gasteiger partial charge in [-0.1, -0.05) is 18.2 Å². The van der Waals surface area contributed by atoms with Gasteiger partial charge in [0, 0.05) is 31.2 Å². The summed E-state index contributed by atoms with van der Waals surface area (Å²) in [6.07, 6.45) is -4.48. The second kappa shape index (κ2) is 12.2. The van der Waals surface area contributed by atoms with E-state index in [0.717, 1.165) is 46.0 Å². The molecule has 0 radical (unpaired) electrons. The highest BCUT2D eigenvalue weighted by molar-refractivity contribution is 7.92. The van der Waals surface area contributed by atoms with Crippen molar-refractivity contribution in [3.8, 4) is 11.5 Å². The first-order valence-corrected chi connectivity index (χ1v) is 15.2. The molecule has 9 nitrogen and oxygen atoms in total. The van der Waals surface area contributed by atoms with Crippen LogP contribution in [0.2, 0.25) is 0 Å². The predicted molar refractivity (Wildman–Crippen MR) is 155 cm³/mol. The Balaban J connectivity index is 1.44. The number of sulfonamides is 1. The van der Waals surface area contributed by atoms with Crippen LogP contribution in [0.5, 0.6) is 11.5 Å². The molecule has 0 amide bonds. The molecule has 2 atom stereocenters. The van der Waals surface area contributed by atoms with E-state index < -0.39 is 38.7 Å². The molecular weight excluding hydrogens is 587 g/mol. The SMILES string of the molecule is COC(=O)CC[C@H]1CN(S(=O)(=O)c2cccc(C(F)(F)F)c2)c2cc(N3CCC(Nc4ccccc4OC)C3)ccc2O1. The van der Waals surface area contributed by atoms with Gasteiger partial charge in [0.25, 0.3) is 10.0 Å². The zero-order valence-electron chi connectivity index (χ0n) is 23.6. The van der Waals surface area contributed by atoms with Gasteiger partial charge in [0.2, 0.25) is 0 Å². The number of carbonyl (C=O) groups is 1. The third-order valence-electron chi connectivity index (χ3n) is 7.54. The Morgan fingerprint density at radius 2 is 1.84 bits per heavy atom. The fourth-order valence-corrected chi connectivity index (χ4v) is 6.86. The number of methoxy groups -OCH3 is 2. The van der Waals surface area contributed by atoms with Crippen molar-refractivity contribution >= 4 is 33.1 Å². The molecule has 0 spiro atoms. The van der Waals surface area contributed by atoms with Crippen molar-refractivity contribution in [1.29, 1.82) is 0 Å². The number of anilines is 3. The number of nitrogens with zero attached hydrogens (tertiary/aromatic N) is 2. The summed E-state index contributed by atoms with van der Waals surface area (Å²) >= 11 is 0. The molecule has 1 saturated heterocycles. The van der Waals surface area contributed by atoms with Crippen molar-refractivity contribution in [1.82, 2.24) is 0 Å². The zero-order chi connectivity index (χ0) is 30.8. The molecule has 0 aromatic heterocycles. The van der Waals surface area contributed by atoms with Crippen molar-refractivity contribution in [2.24, 2.45) is 0 Å². The molecule has 1 N–H and O–H groups in total. The third-order valence-corrected chi connectivity index (χ3v) is 9.32. The van der Waals surface area contributed by atoms with Crippen LogP contribution in [0, 0.1) is 0 Å². The number of hydrogen-bond acceptors (Lipinski definition) is 8. The lowest BCUT2D eigenvalue weighted by Crippen LogP contribution is -2.44. The molecule has 43 heavy (non-hydrogen) atoms. The number of carbonyl (C=O) groups excluding carboxylic acids is 1. The Kier molecular flexibility index (Phi) is 8.63. The van der Waals surface area contributed by atoms with E-state index in [1.54, 1.807) is 19.2 Å². The highest BCUT2D eigenvalue weighted by atomic mass is 32.2. The lowest BCUT2D eigenvalue weighted by molar-refractivity contribution is -0.141. The number of benzene rings is 3. The van der Waals surface area contributed by atoms with Gasteiger partial charge in [0.05, 0.1) is 42.6 Å². The standard InChI is InChI=1S/C30H32F3N3O6S/c1-40-27-9-4-3-8-25(27)34-21-14-15-35(18-21)22-10-12-28-26(17-22)36(19-23(42-28)11-13-29(37)41-2)43(38,39)24-7-5-6-20(16-24)30(31,32)33/h3-10,12,16-17,21,23,34H,11,13-15,18-19H2,1-2H3/t21?,23-/m0/s1. The van der Waals surface area contributed by atoms with E-state index in [1.165, 1.54) is 7.11 Å². The van der Waals surface area contributed by atoms with Crippen LogP contribution >= 0.6 is 0 Å². The van der Waals surface area contributed by atoms with Crippen LogP contribution in [0.4, 0.5) is 30.2 Å². The Hall–Kier alpha value is -4.13. The van der Waals surface area contributed by atoms with Gasteiger partial charge in [-0.25, -0.2) is 8.42 Å². The first-order valence-electron chi connectivity index (χ1n) is 13.7. The number of halogens is 3. The van der Waals surface area contributed by atoms with Gasteiger partial charge in [0.1, 0.15) is 17.6 Å². The molecule has 0 saturated carbocycles. The molecule has 3 aromatic rings. The van der Waals surface area contributed by atoms with Crippen LogP contribution in [0.3, 0.4) is 0 Å². The van der Waals surface area contributed by atoms with Crippen molar-refractivity contribution in [2.45, 2.75) is 42.5 Å². The fraction of sp³-hybridized carbons (Fsp3) is 0.367. The molecule has 2 aliphatic heterocycles. The maximum absolute atomic E-state index is 13.9. The number of fused-ring (bicyclic) bond motifs is 1. The number of esters is 1. The van der Waals surface area contributed by atoms with Gasteiger partial charge in [0.15, 0.2) is 0 Å². The Labute approximate surface area is 248 Å². The Morgan fingerprint density at radius 3 is 2.58 bits per heavy atom. The van der Waals surface area contributed by atoms with E-state index in [0.29, 0.717) is 19.2 Å². The van der Waals surface area contributed by atoms with Crippen molar-refractivity contribution in [3.63, 3.8) is 0 Å². The van der Waals surface area contributed by atoms with Crippen LogP contribution in [-0.2, 0) is 25.7 Å². The van der Waals surface area contributed by atoms with E-state index in [4.69, 9.17) is 14.2 Å². The van der Waals surface area contributed by atoms with E-state index in [9.17, 15) is 26.4 Å². The second-order valence-corrected chi connectivity index (χ2v) is 12.2. The summed E-state index contributed by atoms with van der Waals surface area (Å²) in [5, 5.41) is 3.50. The van der Waals surface area contributed by atoms with E-state index >= 15 is 0 Å². The maximum Gasteiger partial charge on any atom is 0.416 e. The summed E-state index contributed by atoms with van der Waals surface area (Å²) in [6, 6.07) is 16.5.